The molecule has 2 rings (SSSR count). The molecule has 5 nitrogen and oxygen atoms in total. The van der Waals surface area contributed by atoms with Crippen LogP contribution >= 0.6 is 33.9 Å². The monoisotopic (exact) mass is 375 g/mol. The van der Waals surface area contributed by atoms with E-state index in [9.17, 15) is 9.59 Å². The second kappa shape index (κ2) is 5.61. The first-order valence-electron chi connectivity index (χ1n) is 5.13. The van der Waals surface area contributed by atoms with Gasteiger partial charge in [-0.05, 0) is 6.92 Å². The molecule has 2 N–H and O–H groups in total. The summed E-state index contributed by atoms with van der Waals surface area (Å²) in [5.74, 6) is 0. The largest absolute Gasteiger partial charge is 0.357 e. The van der Waals surface area contributed by atoms with Gasteiger partial charge < -0.3 is 10.3 Å². The number of nitrogens with zero attached hydrogens (tertiary/aromatic N) is 1. The molecule has 0 unspecified atom stereocenters. The van der Waals surface area contributed by atoms with Crippen molar-refractivity contribution in [1.82, 2.24) is 15.3 Å². The zero-order valence-corrected chi connectivity index (χ0v) is 12.5. The van der Waals surface area contributed by atoms with Crippen LogP contribution in [-0.2, 0) is 6.54 Å². The quantitative estimate of drug-likeness (QED) is 0.492. The zero-order chi connectivity index (χ0) is 13.1. The number of aromatic nitrogens is 2. The van der Waals surface area contributed by atoms with Gasteiger partial charge in [-0.2, -0.15) is 0 Å². The van der Waals surface area contributed by atoms with Crippen LogP contribution in [0.4, 0.5) is 4.79 Å². The Morgan fingerprint density at radius 3 is 3.00 bits per heavy atom. The standard InChI is InChI=1S/C11H10IN3O2S/c1-6-2-8(16)7(3-14-11(12)17)10(15-6)9-4-13-5-18-9/h2,4-5H,3H2,1H3,(H,14,17)(H,15,16). The Balaban J connectivity index is 2.49. The minimum absolute atomic E-state index is 0.0835. The molecule has 1 amide bonds. The lowest BCUT2D eigenvalue weighted by atomic mass is 10.1. The lowest BCUT2D eigenvalue weighted by Crippen LogP contribution is -2.22. The number of H-pyrrole nitrogens is 1. The molecule has 2 heterocycles. The van der Waals surface area contributed by atoms with E-state index >= 15 is 0 Å². The molecule has 18 heavy (non-hydrogen) atoms. The maximum atomic E-state index is 12.0. The summed E-state index contributed by atoms with van der Waals surface area (Å²) in [5, 5.41) is 2.64. The van der Waals surface area contributed by atoms with Crippen LogP contribution in [0.1, 0.15) is 11.3 Å². The van der Waals surface area contributed by atoms with Gasteiger partial charge >= 0.3 is 0 Å². The SMILES string of the molecule is Cc1cc(=O)c(CNC(=O)I)c(-c2cncs2)[nH]1. The van der Waals surface area contributed by atoms with Gasteiger partial charge in [0, 0.05) is 52.7 Å². The summed E-state index contributed by atoms with van der Waals surface area (Å²) < 4.78 is -0.192. The van der Waals surface area contributed by atoms with Gasteiger partial charge in [0.25, 0.3) is 3.91 Å². The van der Waals surface area contributed by atoms with Crippen molar-refractivity contribution in [2.45, 2.75) is 13.5 Å². The molecule has 94 valence electrons. The number of aromatic amines is 1. The summed E-state index contributed by atoms with van der Waals surface area (Å²) in [7, 11) is 0. The zero-order valence-electron chi connectivity index (χ0n) is 9.49. The van der Waals surface area contributed by atoms with Crippen molar-refractivity contribution in [3.63, 3.8) is 0 Å². The summed E-state index contributed by atoms with van der Waals surface area (Å²) in [5.41, 5.74) is 3.69. The van der Waals surface area contributed by atoms with E-state index in [1.54, 1.807) is 34.3 Å². The van der Waals surface area contributed by atoms with Crippen LogP contribution in [-0.4, -0.2) is 13.9 Å². The number of thiazole rings is 1. The number of nitrogens with one attached hydrogen (secondary N) is 2. The van der Waals surface area contributed by atoms with Crippen LogP contribution in [0.3, 0.4) is 0 Å². The topological polar surface area (TPSA) is 74.8 Å². The van der Waals surface area contributed by atoms with Crippen molar-refractivity contribution in [3.05, 3.63) is 39.3 Å². The Hall–Kier alpha value is -1.22. The summed E-state index contributed by atoms with van der Waals surface area (Å²) in [6, 6.07) is 1.53. The van der Waals surface area contributed by atoms with E-state index in [0.29, 0.717) is 5.56 Å². The lowest BCUT2D eigenvalue weighted by molar-refractivity contribution is 0.262. The highest BCUT2D eigenvalue weighted by molar-refractivity contribution is 14.1. The number of rotatable bonds is 3. The fourth-order valence-electron chi connectivity index (χ4n) is 1.60. The molecule has 2 aromatic heterocycles. The Kier molecular flexibility index (Phi) is 4.12. The van der Waals surface area contributed by atoms with Gasteiger partial charge in [-0.25, -0.2) is 0 Å². The van der Waals surface area contributed by atoms with E-state index in [1.165, 1.54) is 17.4 Å². The molecule has 0 aliphatic rings. The summed E-state index contributed by atoms with van der Waals surface area (Å²) in [4.78, 5) is 31.0. The van der Waals surface area contributed by atoms with Crippen molar-refractivity contribution in [2.75, 3.05) is 0 Å². The molecule has 0 aromatic carbocycles. The smallest absolute Gasteiger partial charge is 0.280 e. The third-order valence-electron chi connectivity index (χ3n) is 2.35. The highest BCUT2D eigenvalue weighted by Gasteiger charge is 2.12. The predicted octanol–water partition coefficient (Wildman–Crippen LogP) is 2.45. The highest BCUT2D eigenvalue weighted by atomic mass is 127. The number of carbonyl (C=O) groups excluding carboxylic acids is 1. The van der Waals surface area contributed by atoms with E-state index in [0.717, 1.165) is 16.3 Å². The molecule has 0 atom stereocenters. The lowest BCUT2D eigenvalue weighted by Gasteiger charge is -2.08. The number of amides is 1. The number of pyridine rings is 1. The molecule has 0 saturated carbocycles. The van der Waals surface area contributed by atoms with E-state index in [4.69, 9.17) is 0 Å². The Morgan fingerprint density at radius 1 is 1.61 bits per heavy atom. The average molecular weight is 375 g/mol. The molecule has 7 heteroatoms. The minimum atomic E-state index is -0.192. The van der Waals surface area contributed by atoms with Crippen LogP contribution in [0, 0.1) is 6.92 Å². The average Bonchev–Trinajstić information content (AvgIpc) is 2.79. The van der Waals surface area contributed by atoms with Crippen LogP contribution in [0.15, 0.2) is 22.6 Å². The molecule has 0 bridgehead atoms. The number of hydrogen-bond acceptors (Lipinski definition) is 4. The van der Waals surface area contributed by atoms with Gasteiger partial charge in [0.05, 0.1) is 16.1 Å². The molecular formula is C11H10IN3O2S. The summed E-state index contributed by atoms with van der Waals surface area (Å²) >= 11 is 3.09. The number of hydrogen-bond donors (Lipinski definition) is 2. The van der Waals surface area contributed by atoms with Crippen molar-refractivity contribution in [3.8, 4) is 10.6 Å². The first kappa shape index (κ1) is 13.2. The molecule has 0 saturated heterocycles. The summed E-state index contributed by atoms with van der Waals surface area (Å²) in [6.07, 6.45) is 1.70. The Bertz CT molecular complexity index is 622. The second-order valence-corrected chi connectivity index (χ2v) is 5.53. The van der Waals surface area contributed by atoms with Crippen molar-refractivity contribution in [2.24, 2.45) is 0 Å². The fraction of sp³-hybridized carbons (Fsp3) is 0.182. The predicted molar refractivity (Wildman–Crippen MR) is 79.2 cm³/mol. The van der Waals surface area contributed by atoms with Crippen LogP contribution in [0.5, 0.6) is 0 Å². The van der Waals surface area contributed by atoms with Crippen molar-refractivity contribution < 1.29 is 4.79 Å². The van der Waals surface area contributed by atoms with Crippen molar-refractivity contribution in [1.29, 1.82) is 0 Å². The Labute approximate surface area is 121 Å². The van der Waals surface area contributed by atoms with Gasteiger partial charge in [-0.1, -0.05) is 0 Å². The van der Waals surface area contributed by atoms with Crippen LogP contribution in [0.25, 0.3) is 10.6 Å². The first-order valence-corrected chi connectivity index (χ1v) is 7.08. The van der Waals surface area contributed by atoms with Gasteiger partial charge in [0.15, 0.2) is 5.43 Å². The maximum absolute atomic E-state index is 12.0. The molecule has 0 aliphatic heterocycles. The summed E-state index contributed by atoms with van der Waals surface area (Å²) in [6.45, 7) is 2.04. The molecular weight excluding hydrogens is 365 g/mol. The van der Waals surface area contributed by atoms with Gasteiger partial charge in [0.1, 0.15) is 0 Å². The highest BCUT2D eigenvalue weighted by Crippen LogP contribution is 2.23. The van der Waals surface area contributed by atoms with Crippen LogP contribution < -0.4 is 10.7 Å². The second-order valence-electron chi connectivity index (χ2n) is 3.66. The van der Waals surface area contributed by atoms with E-state index in [2.05, 4.69) is 15.3 Å². The normalized spacial score (nSPS) is 10.3. The van der Waals surface area contributed by atoms with E-state index < -0.39 is 0 Å². The molecule has 2 aromatic rings. The molecule has 0 spiro atoms. The van der Waals surface area contributed by atoms with Crippen LogP contribution in [0.2, 0.25) is 0 Å². The van der Waals surface area contributed by atoms with Gasteiger partial charge in [-0.3, -0.25) is 14.6 Å². The molecule has 0 radical (unpaired) electrons. The fourth-order valence-corrected chi connectivity index (χ4v) is 2.44. The number of carbonyl (C=O) groups is 1. The first-order chi connectivity index (χ1) is 8.58. The van der Waals surface area contributed by atoms with Gasteiger partial charge in [-0.15, -0.1) is 11.3 Å². The maximum Gasteiger partial charge on any atom is 0.280 e. The molecule has 0 aliphatic carbocycles. The van der Waals surface area contributed by atoms with E-state index in [1.807, 2.05) is 6.92 Å². The van der Waals surface area contributed by atoms with Gasteiger partial charge in [0.2, 0.25) is 0 Å². The minimum Gasteiger partial charge on any atom is -0.357 e. The number of aryl methyl sites for hydroxylation is 1. The third-order valence-corrected chi connectivity index (χ3v) is 3.52. The third kappa shape index (κ3) is 2.96. The number of halogens is 1. The van der Waals surface area contributed by atoms with Crippen molar-refractivity contribution >= 4 is 37.8 Å². The molecule has 0 fully saturated rings. The Morgan fingerprint density at radius 2 is 2.39 bits per heavy atom. The van der Waals surface area contributed by atoms with E-state index in [-0.39, 0.29) is 15.9 Å².